The highest BCUT2D eigenvalue weighted by molar-refractivity contribution is 7.89. The second kappa shape index (κ2) is 7.03. The highest BCUT2D eigenvalue weighted by Gasteiger charge is 2.23. The summed E-state index contributed by atoms with van der Waals surface area (Å²) in [6, 6.07) is 6.98. The number of nitrogens with one attached hydrogen (secondary N) is 1. The van der Waals surface area contributed by atoms with Gasteiger partial charge in [0.05, 0.1) is 17.3 Å². The number of amides is 1. The summed E-state index contributed by atoms with van der Waals surface area (Å²) in [5.41, 5.74) is -0.116. The number of benzene rings is 1. The van der Waals surface area contributed by atoms with E-state index in [2.05, 4.69) is 10.3 Å². The summed E-state index contributed by atoms with van der Waals surface area (Å²) < 4.78 is 39.1. The van der Waals surface area contributed by atoms with Gasteiger partial charge in [-0.05, 0) is 24.3 Å². The number of halogens is 2. The van der Waals surface area contributed by atoms with E-state index in [1.807, 2.05) is 0 Å². The number of hydrogen-bond donors (Lipinski definition) is 1. The minimum atomic E-state index is -3.85. The van der Waals surface area contributed by atoms with Crippen molar-refractivity contribution in [1.82, 2.24) is 9.29 Å². The molecule has 0 aliphatic rings. The lowest BCUT2D eigenvalue weighted by Gasteiger charge is -2.16. The van der Waals surface area contributed by atoms with E-state index in [0.717, 1.165) is 4.31 Å². The van der Waals surface area contributed by atoms with Gasteiger partial charge in [0.2, 0.25) is 15.9 Å². The number of pyridine rings is 1. The summed E-state index contributed by atoms with van der Waals surface area (Å²) in [6.07, 6.45) is 2.62. The Morgan fingerprint density at radius 3 is 2.74 bits per heavy atom. The Bertz CT molecular complexity index is 815. The Hall–Kier alpha value is -2.03. The quantitative estimate of drug-likeness (QED) is 0.889. The molecule has 2 rings (SSSR count). The van der Waals surface area contributed by atoms with Crippen molar-refractivity contribution in [3.8, 4) is 0 Å². The smallest absolute Gasteiger partial charge is 0.244 e. The van der Waals surface area contributed by atoms with Crippen molar-refractivity contribution in [3.05, 3.63) is 53.6 Å². The number of aromatic nitrogens is 1. The minimum absolute atomic E-state index is 0.0377. The number of sulfonamides is 1. The van der Waals surface area contributed by atoms with Crippen LogP contribution in [0.4, 0.5) is 10.1 Å². The van der Waals surface area contributed by atoms with Gasteiger partial charge in [0.15, 0.2) is 5.82 Å². The average Bonchev–Trinajstić information content (AvgIpc) is 2.52. The molecule has 0 saturated carbocycles. The molecule has 6 nitrogen and oxygen atoms in total. The fourth-order valence-electron chi connectivity index (χ4n) is 1.76. The summed E-state index contributed by atoms with van der Waals surface area (Å²) in [5.74, 6) is -1.47. The molecule has 1 amide bonds. The van der Waals surface area contributed by atoms with Gasteiger partial charge in [0, 0.05) is 19.4 Å². The number of carbonyl (C=O) groups is 1. The number of hydrogen-bond acceptors (Lipinski definition) is 4. The van der Waals surface area contributed by atoms with Gasteiger partial charge in [-0.1, -0.05) is 17.7 Å². The van der Waals surface area contributed by atoms with Crippen LogP contribution in [0.15, 0.2) is 47.6 Å². The van der Waals surface area contributed by atoms with E-state index in [9.17, 15) is 17.6 Å². The monoisotopic (exact) mass is 357 g/mol. The van der Waals surface area contributed by atoms with Crippen molar-refractivity contribution in [3.63, 3.8) is 0 Å². The maximum Gasteiger partial charge on any atom is 0.244 e. The van der Waals surface area contributed by atoms with Gasteiger partial charge in [-0.3, -0.25) is 9.78 Å². The summed E-state index contributed by atoms with van der Waals surface area (Å²) in [5, 5.41) is 2.15. The van der Waals surface area contributed by atoms with Gasteiger partial charge < -0.3 is 5.32 Å². The van der Waals surface area contributed by atoms with E-state index in [4.69, 9.17) is 11.6 Å². The molecule has 122 valence electrons. The van der Waals surface area contributed by atoms with Crippen LogP contribution in [0.25, 0.3) is 0 Å². The molecule has 23 heavy (non-hydrogen) atoms. The molecular formula is C14H13ClFN3O3S. The summed E-state index contributed by atoms with van der Waals surface area (Å²) in [4.78, 5) is 15.6. The van der Waals surface area contributed by atoms with E-state index >= 15 is 0 Å². The molecule has 0 unspecified atom stereocenters. The first kappa shape index (κ1) is 17.3. The predicted molar refractivity (Wildman–Crippen MR) is 84.1 cm³/mol. The first-order valence-electron chi connectivity index (χ1n) is 6.42. The summed E-state index contributed by atoms with van der Waals surface area (Å²) in [7, 11) is -2.61. The van der Waals surface area contributed by atoms with Crippen LogP contribution in [0.3, 0.4) is 0 Å². The molecule has 1 heterocycles. The first-order valence-corrected chi connectivity index (χ1v) is 8.24. The molecule has 1 N–H and O–H groups in total. The van der Waals surface area contributed by atoms with Crippen molar-refractivity contribution in [1.29, 1.82) is 0 Å². The van der Waals surface area contributed by atoms with Gasteiger partial charge in [-0.25, -0.2) is 12.8 Å². The Balaban J connectivity index is 2.10. The number of likely N-dealkylation sites (N-methyl/N-ethyl adjacent to an activating group) is 1. The third kappa shape index (κ3) is 4.04. The molecule has 0 saturated heterocycles. The summed E-state index contributed by atoms with van der Waals surface area (Å²) in [6.45, 7) is -0.483. The molecule has 1 aromatic carbocycles. The highest BCUT2D eigenvalue weighted by Crippen LogP contribution is 2.22. The standard InChI is InChI=1S/C14H13ClFN3O3S/c1-19(23(21,22)10-4-3-7-17-8-10)9-13(20)18-12-6-2-5-11(15)14(12)16/h2-8H,9H2,1H3,(H,18,20). The Labute approximate surface area is 138 Å². The van der Waals surface area contributed by atoms with Crippen LogP contribution in [0.5, 0.6) is 0 Å². The molecule has 0 aliphatic heterocycles. The Morgan fingerprint density at radius 1 is 1.35 bits per heavy atom. The lowest BCUT2D eigenvalue weighted by molar-refractivity contribution is -0.116. The van der Waals surface area contributed by atoms with Crippen LogP contribution in [0.2, 0.25) is 5.02 Å². The maximum absolute atomic E-state index is 13.7. The molecular weight excluding hydrogens is 345 g/mol. The van der Waals surface area contributed by atoms with Crippen LogP contribution in [0.1, 0.15) is 0 Å². The second-order valence-electron chi connectivity index (χ2n) is 4.60. The van der Waals surface area contributed by atoms with E-state index in [1.54, 1.807) is 0 Å². The van der Waals surface area contributed by atoms with E-state index in [1.165, 1.54) is 49.8 Å². The summed E-state index contributed by atoms with van der Waals surface area (Å²) >= 11 is 5.62. The lowest BCUT2D eigenvalue weighted by Crippen LogP contribution is -2.35. The van der Waals surface area contributed by atoms with E-state index in [0.29, 0.717) is 0 Å². The first-order chi connectivity index (χ1) is 10.8. The molecule has 2 aromatic rings. The van der Waals surface area contributed by atoms with Crippen molar-refractivity contribution in [2.75, 3.05) is 18.9 Å². The van der Waals surface area contributed by atoms with Crippen LogP contribution in [-0.4, -0.2) is 37.2 Å². The number of nitrogens with zero attached hydrogens (tertiary/aromatic N) is 2. The van der Waals surface area contributed by atoms with Gasteiger partial charge in [-0.15, -0.1) is 0 Å². The topological polar surface area (TPSA) is 79.4 Å². The fourth-order valence-corrected chi connectivity index (χ4v) is 3.02. The van der Waals surface area contributed by atoms with Crippen molar-refractivity contribution < 1.29 is 17.6 Å². The fraction of sp³-hybridized carbons (Fsp3) is 0.143. The zero-order valence-electron chi connectivity index (χ0n) is 12.0. The Kier molecular flexibility index (Phi) is 5.30. The highest BCUT2D eigenvalue weighted by atomic mass is 35.5. The Morgan fingerprint density at radius 2 is 2.09 bits per heavy atom. The van der Waals surface area contributed by atoms with Crippen molar-refractivity contribution in [2.45, 2.75) is 4.90 Å². The number of anilines is 1. The van der Waals surface area contributed by atoms with Gasteiger partial charge >= 0.3 is 0 Å². The molecule has 9 heteroatoms. The normalized spacial score (nSPS) is 11.5. The van der Waals surface area contributed by atoms with Crippen LogP contribution < -0.4 is 5.32 Å². The lowest BCUT2D eigenvalue weighted by atomic mass is 10.3. The molecule has 0 spiro atoms. The zero-order valence-corrected chi connectivity index (χ0v) is 13.6. The second-order valence-corrected chi connectivity index (χ2v) is 7.05. The van der Waals surface area contributed by atoms with Gasteiger partial charge in [0.1, 0.15) is 4.90 Å². The molecule has 0 atom stereocenters. The van der Waals surface area contributed by atoms with Crippen LogP contribution in [-0.2, 0) is 14.8 Å². The van der Waals surface area contributed by atoms with Gasteiger partial charge in [0.25, 0.3) is 0 Å². The zero-order chi connectivity index (χ0) is 17.0. The van der Waals surface area contributed by atoms with Crippen LogP contribution in [0, 0.1) is 5.82 Å². The third-order valence-corrected chi connectivity index (χ3v) is 5.01. The number of carbonyl (C=O) groups excluding carboxylic acids is 1. The SMILES string of the molecule is CN(CC(=O)Nc1cccc(Cl)c1F)S(=O)(=O)c1cccnc1. The van der Waals surface area contributed by atoms with E-state index in [-0.39, 0.29) is 15.6 Å². The predicted octanol–water partition coefficient (Wildman–Crippen LogP) is 2.13. The third-order valence-electron chi connectivity index (χ3n) is 2.93. The van der Waals surface area contributed by atoms with Crippen molar-refractivity contribution in [2.24, 2.45) is 0 Å². The van der Waals surface area contributed by atoms with Crippen molar-refractivity contribution >= 4 is 33.2 Å². The molecule has 0 radical (unpaired) electrons. The molecule has 0 bridgehead atoms. The van der Waals surface area contributed by atoms with Gasteiger partial charge in [-0.2, -0.15) is 4.31 Å². The molecule has 1 aromatic heterocycles. The van der Waals surface area contributed by atoms with Crippen LogP contribution >= 0.6 is 11.6 Å². The minimum Gasteiger partial charge on any atom is -0.322 e. The maximum atomic E-state index is 13.7. The van der Waals surface area contributed by atoms with E-state index < -0.39 is 28.3 Å². The average molecular weight is 358 g/mol. The molecule has 0 aliphatic carbocycles. The number of rotatable bonds is 5. The molecule has 0 fully saturated rings. The largest absolute Gasteiger partial charge is 0.322 e.